The zero-order valence-electron chi connectivity index (χ0n) is 8.31. The Hall–Kier alpha value is -1.39. The van der Waals surface area contributed by atoms with Gasteiger partial charge in [0.15, 0.2) is 11.9 Å². The molecular weight excluding hydrogens is 194 g/mol. The van der Waals surface area contributed by atoms with E-state index in [0.717, 1.165) is 5.69 Å². The molecule has 1 aliphatic heterocycles. The number of nitrogens with one attached hydrogen (secondary N) is 1. The Balaban J connectivity index is 1.85. The lowest BCUT2D eigenvalue weighted by atomic mass is 10.1. The van der Waals surface area contributed by atoms with E-state index in [9.17, 15) is 4.79 Å². The van der Waals surface area contributed by atoms with Crippen molar-refractivity contribution in [2.75, 3.05) is 18.7 Å². The molecule has 1 N–H and O–H groups in total. The van der Waals surface area contributed by atoms with Gasteiger partial charge in [-0.2, -0.15) is 0 Å². The third-order valence-electron chi connectivity index (χ3n) is 2.21. The highest BCUT2D eigenvalue weighted by Crippen LogP contribution is 2.10. The standard InChI is InChI=1S/C11H13NO3/c13-10-6-7-14-8-11(10)15-12-9-4-2-1-3-5-9/h1-5,11-12H,6-8H2/t11-/m1/s1. The van der Waals surface area contributed by atoms with Gasteiger partial charge in [-0.25, -0.2) is 0 Å². The van der Waals surface area contributed by atoms with Crippen molar-refractivity contribution in [2.45, 2.75) is 12.5 Å². The Bertz CT molecular complexity index is 326. The summed E-state index contributed by atoms with van der Waals surface area (Å²) < 4.78 is 5.16. The second kappa shape index (κ2) is 4.91. The first-order valence-corrected chi connectivity index (χ1v) is 4.93. The number of hydrogen-bond acceptors (Lipinski definition) is 4. The summed E-state index contributed by atoms with van der Waals surface area (Å²) in [6.45, 7) is 0.836. The van der Waals surface area contributed by atoms with E-state index in [4.69, 9.17) is 9.57 Å². The predicted molar refractivity (Wildman–Crippen MR) is 55.4 cm³/mol. The summed E-state index contributed by atoms with van der Waals surface area (Å²) >= 11 is 0. The van der Waals surface area contributed by atoms with Crippen molar-refractivity contribution < 1.29 is 14.4 Å². The van der Waals surface area contributed by atoms with E-state index in [1.165, 1.54) is 0 Å². The third kappa shape index (κ3) is 2.78. The largest absolute Gasteiger partial charge is 0.378 e. The summed E-state index contributed by atoms with van der Waals surface area (Å²) in [7, 11) is 0. The lowest BCUT2D eigenvalue weighted by molar-refractivity contribution is -0.139. The second-order valence-corrected chi connectivity index (χ2v) is 3.37. The van der Waals surface area contributed by atoms with Crippen LogP contribution in [0.1, 0.15) is 6.42 Å². The molecule has 0 saturated carbocycles. The summed E-state index contributed by atoms with van der Waals surface area (Å²) in [4.78, 5) is 16.6. The summed E-state index contributed by atoms with van der Waals surface area (Å²) in [5.41, 5.74) is 3.57. The van der Waals surface area contributed by atoms with Crippen molar-refractivity contribution in [3.63, 3.8) is 0 Å². The van der Waals surface area contributed by atoms with Gasteiger partial charge in [-0.05, 0) is 12.1 Å². The van der Waals surface area contributed by atoms with E-state index in [1.807, 2.05) is 30.3 Å². The van der Waals surface area contributed by atoms with Crippen LogP contribution in [0.5, 0.6) is 0 Å². The number of anilines is 1. The van der Waals surface area contributed by atoms with Gasteiger partial charge in [-0.3, -0.25) is 15.1 Å². The van der Waals surface area contributed by atoms with Crippen molar-refractivity contribution in [1.29, 1.82) is 0 Å². The lowest BCUT2D eigenvalue weighted by Gasteiger charge is -2.21. The Morgan fingerprint density at radius 2 is 2.13 bits per heavy atom. The molecule has 4 heteroatoms. The normalized spacial score (nSPS) is 21.3. The maximum atomic E-state index is 11.4. The van der Waals surface area contributed by atoms with Crippen molar-refractivity contribution in [3.05, 3.63) is 30.3 Å². The maximum absolute atomic E-state index is 11.4. The molecule has 2 rings (SSSR count). The maximum Gasteiger partial charge on any atom is 0.168 e. The van der Waals surface area contributed by atoms with E-state index < -0.39 is 6.10 Å². The zero-order valence-corrected chi connectivity index (χ0v) is 8.31. The van der Waals surface area contributed by atoms with Gasteiger partial charge in [-0.15, -0.1) is 0 Å². The SMILES string of the molecule is O=C1CCOC[C@H]1ONc1ccccc1. The minimum atomic E-state index is -0.487. The van der Waals surface area contributed by atoms with Crippen LogP contribution in [0.2, 0.25) is 0 Å². The summed E-state index contributed by atoms with van der Waals surface area (Å²) in [6, 6.07) is 9.44. The summed E-state index contributed by atoms with van der Waals surface area (Å²) in [5, 5.41) is 0. The monoisotopic (exact) mass is 207 g/mol. The first kappa shape index (κ1) is 10.1. The molecule has 0 unspecified atom stereocenters. The number of carbonyl (C=O) groups is 1. The molecule has 0 radical (unpaired) electrons. The summed E-state index contributed by atoms with van der Waals surface area (Å²) in [6.07, 6.45) is -0.0554. The molecule has 1 heterocycles. The highest BCUT2D eigenvalue weighted by Gasteiger charge is 2.23. The topological polar surface area (TPSA) is 47.6 Å². The minimum absolute atomic E-state index is 0.0877. The van der Waals surface area contributed by atoms with Crippen LogP contribution in [0.15, 0.2) is 30.3 Å². The molecule has 4 nitrogen and oxygen atoms in total. The predicted octanol–water partition coefficient (Wildman–Crippen LogP) is 1.39. The Kier molecular flexibility index (Phi) is 3.32. The number of para-hydroxylation sites is 1. The Morgan fingerprint density at radius 1 is 1.33 bits per heavy atom. The van der Waals surface area contributed by atoms with E-state index >= 15 is 0 Å². The Morgan fingerprint density at radius 3 is 2.87 bits per heavy atom. The molecular formula is C11H13NO3. The quantitative estimate of drug-likeness (QED) is 0.761. The molecule has 0 aliphatic carbocycles. The first-order valence-electron chi connectivity index (χ1n) is 4.93. The van der Waals surface area contributed by atoms with Crippen LogP contribution in [0, 0.1) is 0 Å². The number of ether oxygens (including phenoxy) is 1. The van der Waals surface area contributed by atoms with Crippen molar-refractivity contribution in [3.8, 4) is 0 Å². The fraction of sp³-hybridized carbons (Fsp3) is 0.364. The fourth-order valence-corrected chi connectivity index (χ4v) is 1.36. The van der Waals surface area contributed by atoms with Gasteiger partial charge in [0.25, 0.3) is 0 Å². The van der Waals surface area contributed by atoms with E-state index in [2.05, 4.69) is 5.48 Å². The van der Waals surface area contributed by atoms with E-state index in [1.54, 1.807) is 0 Å². The van der Waals surface area contributed by atoms with Gasteiger partial charge in [0.2, 0.25) is 0 Å². The lowest BCUT2D eigenvalue weighted by Crippen LogP contribution is -2.36. The van der Waals surface area contributed by atoms with Gasteiger partial charge < -0.3 is 4.74 Å². The summed E-state index contributed by atoms with van der Waals surface area (Å²) in [5.74, 6) is 0.0877. The third-order valence-corrected chi connectivity index (χ3v) is 2.21. The highest BCUT2D eigenvalue weighted by atomic mass is 16.7. The van der Waals surface area contributed by atoms with Gasteiger partial charge in [0, 0.05) is 6.42 Å². The van der Waals surface area contributed by atoms with Crippen LogP contribution in [-0.2, 0) is 14.4 Å². The molecule has 15 heavy (non-hydrogen) atoms. The Labute approximate surface area is 88.1 Å². The molecule has 1 aliphatic rings. The van der Waals surface area contributed by atoms with Crippen LogP contribution in [0.25, 0.3) is 0 Å². The van der Waals surface area contributed by atoms with Gasteiger partial charge >= 0.3 is 0 Å². The van der Waals surface area contributed by atoms with Crippen molar-refractivity contribution >= 4 is 11.5 Å². The number of ketones is 1. The van der Waals surface area contributed by atoms with Crippen molar-refractivity contribution in [1.82, 2.24) is 0 Å². The van der Waals surface area contributed by atoms with Gasteiger partial charge in [0.05, 0.1) is 18.9 Å². The molecule has 1 atom stereocenters. The average molecular weight is 207 g/mol. The van der Waals surface area contributed by atoms with Crippen LogP contribution >= 0.6 is 0 Å². The first-order chi connectivity index (χ1) is 7.36. The van der Waals surface area contributed by atoms with Crippen LogP contribution in [0.3, 0.4) is 0 Å². The molecule has 0 spiro atoms. The van der Waals surface area contributed by atoms with Crippen LogP contribution in [0.4, 0.5) is 5.69 Å². The minimum Gasteiger partial charge on any atom is -0.378 e. The second-order valence-electron chi connectivity index (χ2n) is 3.37. The van der Waals surface area contributed by atoms with Crippen LogP contribution < -0.4 is 5.48 Å². The van der Waals surface area contributed by atoms with E-state index in [-0.39, 0.29) is 5.78 Å². The number of rotatable bonds is 3. The van der Waals surface area contributed by atoms with E-state index in [0.29, 0.717) is 19.6 Å². The fourth-order valence-electron chi connectivity index (χ4n) is 1.36. The number of benzene rings is 1. The molecule has 0 bridgehead atoms. The number of Topliss-reactive ketones (excluding diaryl/α,β-unsaturated/α-hetero) is 1. The molecule has 80 valence electrons. The molecule has 1 fully saturated rings. The smallest absolute Gasteiger partial charge is 0.168 e. The molecule has 0 amide bonds. The molecule has 1 saturated heterocycles. The molecule has 1 aromatic carbocycles. The van der Waals surface area contributed by atoms with Gasteiger partial charge in [-0.1, -0.05) is 18.2 Å². The average Bonchev–Trinajstić information content (AvgIpc) is 2.29. The highest BCUT2D eigenvalue weighted by molar-refractivity contribution is 5.83. The molecule has 1 aromatic rings. The number of hydrogen-bond donors (Lipinski definition) is 1. The van der Waals surface area contributed by atoms with Crippen LogP contribution in [-0.4, -0.2) is 25.1 Å². The molecule has 0 aromatic heterocycles. The number of carbonyl (C=O) groups excluding carboxylic acids is 1. The zero-order chi connectivity index (χ0) is 10.5. The van der Waals surface area contributed by atoms with Gasteiger partial charge in [0.1, 0.15) is 0 Å². The van der Waals surface area contributed by atoms with Crippen molar-refractivity contribution in [2.24, 2.45) is 0 Å².